The van der Waals surface area contributed by atoms with Gasteiger partial charge in [-0.05, 0) is 44.5 Å². The van der Waals surface area contributed by atoms with Crippen molar-refractivity contribution in [2.45, 2.75) is 26.8 Å². The number of para-hydroxylation sites is 1. The number of hydrogen-bond donors (Lipinski definition) is 1. The fourth-order valence-electron chi connectivity index (χ4n) is 2.49. The average molecular weight is 289 g/mol. The number of hydrogen-bond acceptors (Lipinski definition) is 3. The van der Waals surface area contributed by atoms with E-state index in [1.165, 1.54) is 17.4 Å². The molecule has 0 atom stereocenters. The maximum atomic E-state index is 14.0. The van der Waals surface area contributed by atoms with Gasteiger partial charge in [-0.3, -0.25) is 0 Å². The highest BCUT2D eigenvalue weighted by Gasteiger charge is 2.19. The van der Waals surface area contributed by atoms with Gasteiger partial charge in [0.25, 0.3) is 0 Å². The quantitative estimate of drug-likeness (QED) is 0.761. The number of rotatable bonds is 2. The summed E-state index contributed by atoms with van der Waals surface area (Å²) in [4.78, 5) is 5.53. The van der Waals surface area contributed by atoms with Gasteiger partial charge in [0.1, 0.15) is 5.52 Å². The predicted octanol–water partition coefficient (Wildman–Crippen LogP) is 4.38. The van der Waals surface area contributed by atoms with E-state index in [2.05, 4.69) is 23.4 Å². The fourth-order valence-corrected chi connectivity index (χ4v) is 3.42. The Morgan fingerprint density at radius 1 is 1.35 bits per heavy atom. The van der Waals surface area contributed by atoms with Crippen LogP contribution in [-0.4, -0.2) is 9.55 Å². The minimum Gasteiger partial charge on any atom is -0.391 e. The van der Waals surface area contributed by atoms with E-state index in [4.69, 9.17) is 5.73 Å². The number of benzene rings is 1. The number of imidazole rings is 1. The van der Waals surface area contributed by atoms with Gasteiger partial charge < -0.3 is 10.3 Å². The van der Waals surface area contributed by atoms with Gasteiger partial charge in [0.15, 0.2) is 11.6 Å². The van der Waals surface area contributed by atoms with Crippen LogP contribution < -0.4 is 5.73 Å². The second-order valence-corrected chi connectivity index (χ2v) is 6.25. The number of halogens is 1. The average Bonchev–Trinajstić information content (AvgIpc) is 2.90. The van der Waals surface area contributed by atoms with Gasteiger partial charge in [-0.1, -0.05) is 6.07 Å². The van der Waals surface area contributed by atoms with Crippen LogP contribution in [0.3, 0.4) is 0 Å². The van der Waals surface area contributed by atoms with Crippen molar-refractivity contribution in [1.82, 2.24) is 9.55 Å². The number of aryl methyl sites for hydroxylation is 1. The first-order chi connectivity index (χ1) is 9.49. The Morgan fingerprint density at radius 3 is 2.70 bits per heavy atom. The van der Waals surface area contributed by atoms with Gasteiger partial charge in [0, 0.05) is 6.04 Å². The van der Waals surface area contributed by atoms with Crippen molar-refractivity contribution in [3.05, 3.63) is 35.6 Å². The Hall–Kier alpha value is -1.88. The molecular weight excluding hydrogens is 273 g/mol. The monoisotopic (exact) mass is 289 g/mol. The van der Waals surface area contributed by atoms with Gasteiger partial charge >= 0.3 is 0 Å². The molecule has 3 nitrogen and oxygen atoms in total. The number of aromatic nitrogens is 2. The Bertz CT molecular complexity index is 786. The normalized spacial score (nSPS) is 11.7. The van der Waals surface area contributed by atoms with Crippen LogP contribution in [-0.2, 0) is 0 Å². The molecule has 1 aromatic carbocycles. The maximum Gasteiger partial charge on any atom is 0.151 e. The zero-order valence-electron chi connectivity index (χ0n) is 11.6. The number of anilines is 1. The Labute approximate surface area is 120 Å². The summed E-state index contributed by atoms with van der Waals surface area (Å²) in [6.45, 7) is 6.15. The molecule has 2 aromatic heterocycles. The molecule has 3 aromatic rings. The molecule has 5 heteroatoms. The van der Waals surface area contributed by atoms with Gasteiger partial charge in [-0.15, -0.1) is 11.3 Å². The van der Waals surface area contributed by atoms with Crippen LogP contribution in [0.4, 0.5) is 9.39 Å². The second kappa shape index (κ2) is 4.59. The van der Waals surface area contributed by atoms with Crippen LogP contribution in [0.2, 0.25) is 0 Å². The molecule has 0 radical (unpaired) electrons. The Morgan fingerprint density at radius 2 is 2.10 bits per heavy atom. The summed E-state index contributed by atoms with van der Waals surface area (Å²) in [6, 6.07) is 7.19. The van der Waals surface area contributed by atoms with Gasteiger partial charge in [-0.25, -0.2) is 9.37 Å². The highest BCUT2D eigenvalue weighted by atomic mass is 32.1. The van der Waals surface area contributed by atoms with E-state index in [1.807, 2.05) is 19.1 Å². The second-order valence-electron chi connectivity index (χ2n) is 5.17. The molecule has 0 bridgehead atoms. The van der Waals surface area contributed by atoms with E-state index >= 15 is 0 Å². The SMILES string of the molecule is Cc1cc(N)sc1-c1nc2c(F)cccc2n1C(C)C. The number of fused-ring (bicyclic) bond motifs is 1. The standard InChI is InChI=1S/C15H16FN3S/c1-8(2)19-11-6-4-5-10(16)13(11)18-15(19)14-9(3)7-12(17)20-14/h4-8H,17H2,1-3H3. The number of nitrogens with zero attached hydrogens (tertiary/aromatic N) is 2. The van der Waals surface area contributed by atoms with E-state index in [1.54, 1.807) is 6.07 Å². The molecule has 0 fully saturated rings. The molecule has 2 N–H and O–H groups in total. The summed E-state index contributed by atoms with van der Waals surface area (Å²) in [7, 11) is 0. The third-order valence-electron chi connectivity index (χ3n) is 3.33. The topological polar surface area (TPSA) is 43.8 Å². The minimum atomic E-state index is -0.287. The molecule has 0 spiro atoms. The van der Waals surface area contributed by atoms with E-state index in [0.717, 1.165) is 26.8 Å². The molecule has 0 saturated carbocycles. The highest BCUT2D eigenvalue weighted by molar-refractivity contribution is 7.19. The molecule has 3 rings (SSSR count). The molecule has 0 saturated heterocycles. The maximum absolute atomic E-state index is 14.0. The fraction of sp³-hybridized carbons (Fsp3) is 0.267. The summed E-state index contributed by atoms with van der Waals surface area (Å²) in [5, 5.41) is 0.750. The van der Waals surface area contributed by atoms with Gasteiger partial charge in [0.05, 0.1) is 15.4 Å². The van der Waals surface area contributed by atoms with Crippen LogP contribution in [0.1, 0.15) is 25.5 Å². The summed E-state index contributed by atoms with van der Waals surface area (Å²) >= 11 is 1.49. The summed E-state index contributed by atoms with van der Waals surface area (Å²) < 4.78 is 16.0. The van der Waals surface area contributed by atoms with Crippen molar-refractivity contribution in [3.63, 3.8) is 0 Å². The van der Waals surface area contributed by atoms with E-state index in [9.17, 15) is 4.39 Å². The summed E-state index contributed by atoms with van der Waals surface area (Å²) in [5.41, 5.74) is 8.19. The smallest absolute Gasteiger partial charge is 0.151 e. The lowest BCUT2D eigenvalue weighted by molar-refractivity contribution is 0.623. The van der Waals surface area contributed by atoms with Crippen LogP contribution in [0, 0.1) is 12.7 Å². The van der Waals surface area contributed by atoms with E-state index in [-0.39, 0.29) is 11.9 Å². The number of nitrogens with two attached hydrogens (primary N) is 1. The minimum absolute atomic E-state index is 0.194. The number of thiophene rings is 1. The number of nitrogen functional groups attached to an aromatic ring is 1. The molecule has 0 aliphatic carbocycles. The van der Waals surface area contributed by atoms with Crippen molar-refractivity contribution in [2.24, 2.45) is 0 Å². The lowest BCUT2D eigenvalue weighted by atomic mass is 10.2. The largest absolute Gasteiger partial charge is 0.391 e. The molecule has 20 heavy (non-hydrogen) atoms. The molecular formula is C15H16FN3S. The summed E-state index contributed by atoms with van der Waals surface area (Å²) in [5.74, 6) is 0.504. The van der Waals surface area contributed by atoms with Crippen molar-refractivity contribution >= 4 is 27.4 Å². The molecule has 104 valence electrons. The Kier molecular flexibility index (Phi) is 3.01. The van der Waals surface area contributed by atoms with E-state index in [0.29, 0.717) is 5.52 Å². The molecule has 0 aliphatic heterocycles. The molecule has 0 unspecified atom stereocenters. The Balaban J connectivity index is 2.38. The zero-order valence-corrected chi connectivity index (χ0v) is 12.5. The predicted molar refractivity (Wildman–Crippen MR) is 82.5 cm³/mol. The van der Waals surface area contributed by atoms with Crippen molar-refractivity contribution in [3.8, 4) is 10.7 Å². The van der Waals surface area contributed by atoms with Gasteiger partial charge in [0.2, 0.25) is 0 Å². The third-order valence-corrected chi connectivity index (χ3v) is 4.39. The van der Waals surface area contributed by atoms with Crippen LogP contribution in [0.15, 0.2) is 24.3 Å². The summed E-state index contributed by atoms with van der Waals surface area (Å²) in [6.07, 6.45) is 0. The first kappa shape index (κ1) is 13.1. The first-order valence-electron chi connectivity index (χ1n) is 6.51. The van der Waals surface area contributed by atoms with E-state index < -0.39 is 0 Å². The third kappa shape index (κ3) is 1.89. The van der Waals surface area contributed by atoms with Gasteiger partial charge in [-0.2, -0.15) is 0 Å². The first-order valence-corrected chi connectivity index (χ1v) is 7.33. The zero-order chi connectivity index (χ0) is 14.4. The van der Waals surface area contributed by atoms with Crippen LogP contribution >= 0.6 is 11.3 Å². The molecule has 2 heterocycles. The van der Waals surface area contributed by atoms with Crippen molar-refractivity contribution in [1.29, 1.82) is 0 Å². The highest BCUT2D eigenvalue weighted by Crippen LogP contribution is 2.37. The lowest BCUT2D eigenvalue weighted by Gasteiger charge is -2.12. The van der Waals surface area contributed by atoms with Crippen LogP contribution in [0.5, 0.6) is 0 Å². The molecule has 0 amide bonds. The van der Waals surface area contributed by atoms with Crippen molar-refractivity contribution < 1.29 is 4.39 Å². The molecule has 0 aliphatic rings. The lowest BCUT2D eigenvalue weighted by Crippen LogP contribution is -2.02. The van der Waals surface area contributed by atoms with Crippen molar-refractivity contribution in [2.75, 3.05) is 5.73 Å². The van der Waals surface area contributed by atoms with Crippen LogP contribution in [0.25, 0.3) is 21.7 Å².